The van der Waals surface area contributed by atoms with E-state index in [1.165, 1.54) is 13.2 Å². The monoisotopic (exact) mass is 327 g/mol. The smallest absolute Gasteiger partial charge is 0.255 e. The van der Waals surface area contributed by atoms with Crippen LogP contribution < -0.4 is 10.1 Å². The Hall–Kier alpha value is -3.22. The zero-order chi connectivity index (χ0) is 16.9. The van der Waals surface area contributed by atoms with Crippen LogP contribution in [-0.4, -0.2) is 23.2 Å². The van der Waals surface area contributed by atoms with E-state index in [1.807, 2.05) is 0 Å². The summed E-state index contributed by atoms with van der Waals surface area (Å²) in [5.74, 6) is -0.0810. The summed E-state index contributed by atoms with van der Waals surface area (Å²) in [5, 5.41) is 10.3. The first-order valence-electron chi connectivity index (χ1n) is 7.17. The van der Waals surface area contributed by atoms with Gasteiger partial charge in [-0.3, -0.25) is 4.79 Å². The fourth-order valence-electron chi connectivity index (χ4n) is 2.15. The Bertz CT molecular complexity index is 864. The van der Waals surface area contributed by atoms with Crippen molar-refractivity contribution in [1.29, 1.82) is 0 Å². The lowest BCUT2D eigenvalue weighted by Gasteiger charge is -2.07. The predicted molar refractivity (Wildman–Crippen MR) is 83.9 cm³/mol. The standard InChI is InChI=1S/C17H14FN3O3/c1-23-14-9-5-3-7-12(14)16(22)19-10-15-20-21-17(24-15)11-6-2-4-8-13(11)18/h2-9H,10H2,1H3,(H,19,22). The summed E-state index contributed by atoms with van der Waals surface area (Å²) < 4.78 is 24.2. The number of aromatic nitrogens is 2. The minimum atomic E-state index is -0.453. The van der Waals surface area contributed by atoms with Crippen molar-refractivity contribution in [2.75, 3.05) is 7.11 Å². The average Bonchev–Trinajstić information content (AvgIpc) is 3.08. The van der Waals surface area contributed by atoms with E-state index in [0.29, 0.717) is 11.3 Å². The van der Waals surface area contributed by atoms with E-state index in [9.17, 15) is 9.18 Å². The van der Waals surface area contributed by atoms with Gasteiger partial charge in [-0.25, -0.2) is 4.39 Å². The van der Waals surface area contributed by atoms with Crippen molar-refractivity contribution in [3.05, 3.63) is 65.8 Å². The number of nitrogens with one attached hydrogen (secondary N) is 1. The molecule has 0 unspecified atom stereocenters. The van der Waals surface area contributed by atoms with Crippen LogP contribution in [0, 0.1) is 5.82 Å². The Labute approximate surface area is 137 Å². The van der Waals surface area contributed by atoms with Crippen molar-refractivity contribution in [1.82, 2.24) is 15.5 Å². The van der Waals surface area contributed by atoms with E-state index in [1.54, 1.807) is 42.5 Å². The molecule has 1 heterocycles. The van der Waals surface area contributed by atoms with Crippen LogP contribution in [0.25, 0.3) is 11.5 Å². The minimum Gasteiger partial charge on any atom is -0.496 e. The van der Waals surface area contributed by atoms with Crippen molar-refractivity contribution in [3.63, 3.8) is 0 Å². The molecule has 122 valence electrons. The summed E-state index contributed by atoms with van der Waals surface area (Å²) in [7, 11) is 1.49. The van der Waals surface area contributed by atoms with Gasteiger partial charge in [-0.05, 0) is 24.3 Å². The number of para-hydroxylation sites is 1. The average molecular weight is 327 g/mol. The van der Waals surface area contributed by atoms with Crippen LogP contribution >= 0.6 is 0 Å². The molecule has 0 fully saturated rings. The van der Waals surface area contributed by atoms with E-state index in [0.717, 1.165) is 0 Å². The fraction of sp³-hybridized carbons (Fsp3) is 0.118. The van der Waals surface area contributed by atoms with Crippen molar-refractivity contribution in [2.24, 2.45) is 0 Å². The fourth-order valence-corrected chi connectivity index (χ4v) is 2.15. The van der Waals surface area contributed by atoms with Gasteiger partial charge in [-0.2, -0.15) is 0 Å². The number of amides is 1. The molecule has 0 atom stereocenters. The maximum Gasteiger partial charge on any atom is 0.255 e. The Kier molecular flexibility index (Phi) is 4.51. The van der Waals surface area contributed by atoms with Gasteiger partial charge >= 0.3 is 0 Å². The summed E-state index contributed by atoms with van der Waals surface area (Å²) in [6, 6.07) is 12.9. The van der Waals surface area contributed by atoms with Gasteiger partial charge in [-0.1, -0.05) is 24.3 Å². The highest BCUT2D eigenvalue weighted by atomic mass is 19.1. The Morgan fingerprint density at radius 1 is 1.17 bits per heavy atom. The first kappa shape index (κ1) is 15.7. The maximum absolute atomic E-state index is 13.7. The molecule has 0 saturated carbocycles. The number of rotatable bonds is 5. The Morgan fingerprint density at radius 3 is 2.71 bits per heavy atom. The third-order valence-corrected chi connectivity index (χ3v) is 3.32. The van der Waals surface area contributed by atoms with Gasteiger partial charge in [0.2, 0.25) is 5.89 Å². The summed E-state index contributed by atoms with van der Waals surface area (Å²) in [5.41, 5.74) is 0.612. The van der Waals surface area contributed by atoms with Gasteiger partial charge in [0, 0.05) is 0 Å². The number of ether oxygens (including phenoxy) is 1. The van der Waals surface area contributed by atoms with Crippen LogP contribution in [0.2, 0.25) is 0 Å². The van der Waals surface area contributed by atoms with Crippen molar-refractivity contribution >= 4 is 5.91 Å². The predicted octanol–water partition coefficient (Wildman–Crippen LogP) is 2.81. The van der Waals surface area contributed by atoms with Crippen LogP contribution in [0.3, 0.4) is 0 Å². The lowest BCUT2D eigenvalue weighted by Crippen LogP contribution is -2.23. The van der Waals surface area contributed by atoms with E-state index in [4.69, 9.17) is 9.15 Å². The van der Waals surface area contributed by atoms with Gasteiger partial charge in [0.05, 0.1) is 24.8 Å². The highest BCUT2D eigenvalue weighted by molar-refractivity contribution is 5.96. The molecule has 3 aromatic rings. The van der Waals surface area contributed by atoms with Gasteiger partial charge in [0.25, 0.3) is 11.8 Å². The highest BCUT2D eigenvalue weighted by Crippen LogP contribution is 2.21. The third kappa shape index (κ3) is 3.24. The molecule has 24 heavy (non-hydrogen) atoms. The molecule has 3 rings (SSSR count). The van der Waals surface area contributed by atoms with Gasteiger partial charge < -0.3 is 14.5 Å². The second-order valence-corrected chi connectivity index (χ2v) is 4.86. The van der Waals surface area contributed by atoms with Crippen LogP contribution in [0.15, 0.2) is 52.9 Å². The van der Waals surface area contributed by atoms with Gasteiger partial charge in [-0.15, -0.1) is 10.2 Å². The molecule has 0 saturated heterocycles. The maximum atomic E-state index is 13.7. The zero-order valence-corrected chi connectivity index (χ0v) is 12.8. The van der Waals surface area contributed by atoms with Gasteiger partial charge in [0.15, 0.2) is 0 Å². The summed E-state index contributed by atoms with van der Waals surface area (Å²) in [6.07, 6.45) is 0. The van der Waals surface area contributed by atoms with Crippen molar-refractivity contribution in [3.8, 4) is 17.2 Å². The molecule has 0 radical (unpaired) electrons. The lowest BCUT2D eigenvalue weighted by atomic mass is 10.2. The van der Waals surface area contributed by atoms with E-state index in [-0.39, 0.29) is 29.8 Å². The quantitative estimate of drug-likeness (QED) is 0.780. The summed E-state index contributed by atoms with van der Waals surface area (Å²) in [4.78, 5) is 12.2. The van der Waals surface area contributed by atoms with Gasteiger partial charge in [0.1, 0.15) is 11.6 Å². The van der Waals surface area contributed by atoms with E-state index >= 15 is 0 Å². The second kappa shape index (κ2) is 6.91. The molecular formula is C17H14FN3O3. The molecule has 0 aliphatic carbocycles. The summed E-state index contributed by atoms with van der Waals surface area (Å²) in [6.45, 7) is 0.0261. The first-order chi connectivity index (χ1) is 11.7. The molecule has 1 N–H and O–H groups in total. The topological polar surface area (TPSA) is 77.2 Å². The number of halogens is 1. The molecular weight excluding hydrogens is 313 g/mol. The van der Waals surface area contributed by atoms with Crippen LogP contribution in [0.1, 0.15) is 16.2 Å². The molecule has 0 bridgehead atoms. The number of benzene rings is 2. The first-order valence-corrected chi connectivity index (χ1v) is 7.17. The third-order valence-electron chi connectivity index (χ3n) is 3.32. The number of carbonyl (C=O) groups is 1. The molecule has 2 aromatic carbocycles. The minimum absolute atomic E-state index is 0.0261. The molecule has 0 spiro atoms. The summed E-state index contributed by atoms with van der Waals surface area (Å²) >= 11 is 0. The zero-order valence-electron chi connectivity index (χ0n) is 12.8. The molecule has 6 nitrogen and oxygen atoms in total. The van der Waals surface area contributed by atoms with Crippen LogP contribution in [0.5, 0.6) is 5.75 Å². The van der Waals surface area contributed by atoms with Crippen molar-refractivity contribution < 1.29 is 18.3 Å². The molecule has 1 aromatic heterocycles. The number of hydrogen-bond donors (Lipinski definition) is 1. The second-order valence-electron chi connectivity index (χ2n) is 4.86. The molecule has 1 amide bonds. The number of hydrogen-bond acceptors (Lipinski definition) is 5. The lowest BCUT2D eigenvalue weighted by molar-refractivity contribution is 0.0944. The van der Waals surface area contributed by atoms with E-state index in [2.05, 4.69) is 15.5 Å². The number of nitrogens with zero attached hydrogens (tertiary/aromatic N) is 2. The molecule has 7 heteroatoms. The van der Waals surface area contributed by atoms with Crippen LogP contribution in [0.4, 0.5) is 4.39 Å². The SMILES string of the molecule is COc1ccccc1C(=O)NCc1nnc(-c2ccccc2F)o1. The molecule has 0 aliphatic heterocycles. The van der Waals surface area contributed by atoms with Crippen molar-refractivity contribution in [2.45, 2.75) is 6.54 Å². The Morgan fingerprint density at radius 2 is 1.92 bits per heavy atom. The normalized spacial score (nSPS) is 10.4. The number of methoxy groups -OCH3 is 1. The Balaban J connectivity index is 1.70. The van der Waals surface area contributed by atoms with Crippen LogP contribution in [-0.2, 0) is 6.54 Å². The largest absolute Gasteiger partial charge is 0.496 e. The van der Waals surface area contributed by atoms with E-state index < -0.39 is 5.82 Å². The number of carbonyl (C=O) groups excluding carboxylic acids is 1. The molecule has 0 aliphatic rings. The highest BCUT2D eigenvalue weighted by Gasteiger charge is 2.15.